The van der Waals surface area contributed by atoms with Gasteiger partial charge in [-0.25, -0.2) is 4.98 Å². The summed E-state index contributed by atoms with van der Waals surface area (Å²) in [5.41, 5.74) is 1.05. The summed E-state index contributed by atoms with van der Waals surface area (Å²) in [7, 11) is 1.62. The van der Waals surface area contributed by atoms with Crippen molar-refractivity contribution in [3.63, 3.8) is 0 Å². The molecular weight excluding hydrogens is 196 g/mol. The summed E-state index contributed by atoms with van der Waals surface area (Å²) < 4.78 is 5.03. The summed E-state index contributed by atoms with van der Waals surface area (Å²) in [5, 5.41) is 3.93. The zero-order valence-electron chi connectivity index (χ0n) is 8.78. The molecule has 1 rings (SSSR count). The minimum absolute atomic E-state index is 0.606. The molecule has 3 nitrogen and oxygen atoms in total. The van der Waals surface area contributed by atoms with Gasteiger partial charge < -0.3 is 10.1 Å². The molecule has 0 amide bonds. The zero-order chi connectivity index (χ0) is 10.4. The lowest BCUT2D eigenvalue weighted by atomic mass is 10.3. The van der Waals surface area contributed by atoms with E-state index in [0.29, 0.717) is 11.1 Å². The first-order valence-electron chi connectivity index (χ1n) is 4.53. The first kappa shape index (κ1) is 11.2. The predicted molar refractivity (Wildman–Crippen MR) is 62.3 cm³/mol. The third-order valence-corrected chi connectivity index (χ3v) is 2.91. The second-order valence-electron chi connectivity index (χ2n) is 3.01. The lowest BCUT2D eigenvalue weighted by molar-refractivity contribution is 0.398. The number of thioether (sulfide) groups is 1. The Morgan fingerprint density at radius 1 is 1.64 bits per heavy atom. The monoisotopic (exact) mass is 212 g/mol. The second-order valence-corrected chi connectivity index (χ2v) is 4.29. The van der Waals surface area contributed by atoms with Crippen molar-refractivity contribution < 1.29 is 4.74 Å². The van der Waals surface area contributed by atoms with E-state index in [-0.39, 0.29) is 0 Å². The molecule has 1 heterocycles. The van der Waals surface area contributed by atoms with Gasteiger partial charge in [0.15, 0.2) is 0 Å². The van der Waals surface area contributed by atoms with Crippen LogP contribution in [0.25, 0.3) is 0 Å². The third-order valence-electron chi connectivity index (χ3n) is 1.94. The highest BCUT2D eigenvalue weighted by Crippen LogP contribution is 2.14. The van der Waals surface area contributed by atoms with Gasteiger partial charge in [-0.2, -0.15) is 11.8 Å². The van der Waals surface area contributed by atoms with Crippen molar-refractivity contribution in [2.24, 2.45) is 0 Å². The van der Waals surface area contributed by atoms with Crippen LogP contribution in [-0.2, 0) is 0 Å². The molecule has 0 aliphatic heterocycles. The molecule has 0 fully saturated rings. The first-order valence-corrected chi connectivity index (χ1v) is 5.81. The lowest BCUT2D eigenvalue weighted by Crippen LogP contribution is -2.12. The van der Waals surface area contributed by atoms with Crippen molar-refractivity contribution in [1.82, 2.24) is 4.98 Å². The maximum atomic E-state index is 5.03. The molecule has 0 spiro atoms. The normalized spacial score (nSPS) is 12.2. The van der Waals surface area contributed by atoms with Gasteiger partial charge in [-0.1, -0.05) is 6.92 Å². The van der Waals surface area contributed by atoms with E-state index < -0.39 is 0 Å². The maximum absolute atomic E-state index is 5.03. The molecule has 1 aromatic heterocycles. The minimum Gasteiger partial charge on any atom is -0.481 e. The Bertz CT molecular complexity index is 281. The predicted octanol–water partition coefficient (Wildman–Crippen LogP) is 2.25. The van der Waals surface area contributed by atoms with Gasteiger partial charge in [0.05, 0.1) is 7.11 Å². The summed E-state index contributed by atoms with van der Waals surface area (Å²) in [6.45, 7) is 3.14. The van der Waals surface area contributed by atoms with E-state index in [4.69, 9.17) is 4.74 Å². The summed E-state index contributed by atoms with van der Waals surface area (Å²) in [6.07, 6.45) is 3.85. The molecule has 1 aromatic rings. The second kappa shape index (κ2) is 5.75. The molecular formula is C10H16N2OS. The third kappa shape index (κ3) is 3.46. The van der Waals surface area contributed by atoms with E-state index in [2.05, 4.69) is 23.5 Å². The summed E-state index contributed by atoms with van der Waals surface area (Å²) in [5.74, 6) is 0.645. The van der Waals surface area contributed by atoms with Crippen molar-refractivity contribution in [3.8, 4) is 5.88 Å². The maximum Gasteiger partial charge on any atom is 0.214 e. The summed E-state index contributed by atoms with van der Waals surface area (Å²) in [6, 6.07) is 3.84. The highest BCUT2D eigenvalue weighted by molar-refractivity contribution is 7.99. The van der Waals surface area contributed by atoms with Crippen LogP contribution in [0.15, 0.2) is 18.3 Å². The quantitative estimate of drug-likeness (QED) is 0.811. The van der Waals surface area contributed by atoms with Gasteiger partial charge in [-0.3, -0.25) is 0 Å². The van der Waals surface area contributed by atoms with Crippen molar-refractivity contribution in [2.75, 3.05) is 25.2 Å². The molecule has 14 heavy (non-hydrogen) atoms. The molecule has 0 aliphatic rings. The topological polar surface area (TPSA) is 34.1 Å². The number of hydrogen-bond donors (Lipinski definition) is 1. The molecule has 78 valence electrons. The summed E-state index contributed by atoms with van der Waals surface area (Å²) in [4.78, 5) is 4.04. The highest BCUT2D eigenvalue weighted by atomic mass is 32.2. The van der Waals surface area contributed by atoms with Crippen molar-refractivity contribution in [1.29, 1.82) is 0 Å². The lowest BCUT2D eigenvalue weighted by Gasteiger charge is -2.11. The number of ether oxygens (including phenoxy) is 1. The van der Waals surface area contributed by atoms with E-state index in [1.165, 1.54) is 0 Å². The van der Waals surface area contributed by atoms with Gasteiger partial charge in [0.2, 0.25) is 5.88 Å². The number of nitrogens with zero attached hydrogens (tertiary/aromatic N) is 1. The molecule has 0 aliphatic carbocycles. The van der Waals surface area contributed by atoms with Gasteiger partial charge in [0.1, 0.15) is 0 Å². The largest absolute Gasteiger partial charge is 0.481 e. The average Bonchev–Trinajstić information content (AvgIpc) is 2.26. The molecule has 0 saturated carbocycles. The van der Waals surface area contributed by atoms with Gasteiger partial charge in [0, 0.05) is 29.7 Å². The molecule has 1 N–H and O–H groups in total. The van der Waals surface area contributed by atoms with Crippen LogP contribution in [0.3, 0.4) is 0 Å². The Labute approximate surface area is 89.3 Å². The van der Waals surface area contributed by atoms with Gasteiger partial charge in [-0.05, 0) is 12.3 Å². The molecule has 1 atom stereocenters. The van der Waals surface area contributed by atoms with E-state index in [1.807, 2.05) is 23.9 Å². The van der Waals surface area contributed by atoms with Crippen LogP contribution in [0.4, 0.5) is 5.69 Å². The SMILES string of the molecule is COc1cc(NCC(C)SC)ccn1. The van der Waals surface area contributed by atoms with Crippen LogP contribution in [0.1, 0.15) is 6.92 Å². The molecule has 0 saturated heterocycles. The van der Waals surface area contributed by atoms with E-state index in [0.717, 1.165) is 12.2 Å². The fourth-order valence-corrected chi connectivity index (χ4v) is 1.23. The zero-order valence-corrected chi connectivity index (χ0v) is 9.60. The number of hydrogen-bond acceptors (Lipinski definition) is 4. The Balaban J connectivity index is 2.50. The van der Waals surface area contributed by atoms with Crippen LogP contribution in [-0.4, -0.2) is 30.1 Å². The molecule has 1 unspecified atom stereocenters. The van der Waals surface area contributed by atoms with Crippen LogP contribution in [0.2, 0.25) is 0 Å². The van der Waals surface area contributed by atoms with Crippen LogP contribution in [0, 0.1) is 0 Å². The van der Waals surface area contributed by atoms with Crippen LogP contribution < -0.4 is 10.1 Å². The molecule has 0 bridgehead atoms. The van der Waals surface area contributed by atoms with Crippen molar-refractivity contribution >= 4 is 17.4 Å². The molecule has 4 heteroatoms. The number of pyridine rings is 1. The Morgan fingerprint density at radius 2 is 2.43 bits per heavy atom. The highest BCUT2D eigenvalue weighted by Gasteiger charge is 2.00. The van der Waals surface area contributed by atoms with Crippen LogP contribution >= 0.6 is 11.8 Å². The fourth-order valence-electron chi connectivity index (χ4n) is 0.976. The van der Waals surface area contributed by atoms with Crippen LogP contribution in [0.5, 0.6) is 5.88 Å². The fraction of sp³-hybridized carbons (Fsp3) is 0.500. The Morgan fingerprint density at radius 3 is 3.07 bits per heavy atom. The number of nitrogens with one attached hydrogen (secondary N) is 1. The van der Waals surface area contributed by atoms with Crippen molar-refractivity contribution in [3.05, 3.63) is 18.3 Å². The van der Waals surface area contributed by atoms with E-state index >= 15 is 0 Å². The number of rotatable bonds is 5. The Hall–Kier alpha value is -0.900. The van der Waals surface area contributed by atoms with E-state index in [1.54, 1.807) is 13.3 Å². The smallest absolute Gasteiger partial charge is 0.214 e. The number of anilines is 1. The number of aromatic nitrogens is 1. The van der Waals surface area contributed by atoms with Gasteiger partial charge in [-0.15, -0.1) is 0 Å². The average molecular weight is 212 g/mol. The van der Waals surface area contributed by atoms with Gasteiger partial charge in [0.25, 0.3) is 0 Å². The Kier molecular flexibility index (Phi) is 4.59. The van der Waals surface area contributed by atoms with Gasteiger partial charge >= 0.3 is 0 Å². The molecule has 0 aromatic carbocycles. The first-order chi connectivity index (χ1) is 6.76. The van der Waals surface area contributed by atoms with Crippen molar-refractivity contribution in [2.45, 2.75) is 12.2 Å². The number of methoxy groups -OCH3 is 1. The minimum atomic E-state index is 0.606. The standard InChI is InChI=1S/C10H16N2OS/c1-8(14-3)7-12-9-4-5-11-10(6-9)13-2/h4-6,8H,7H2,1-3H3,(H,11,12). The molecule has 0 radical (unpaired) electrons. The summed E-state index contributed by atoms with van der Waals surface area (Å²) >= 11 is 1.84. The van der Waals surface area contributed by atoms with E-state index in [9.17, 15) is 0 Å².